The van der Waals surface area contributed by atoms with Crippen molar-refractivity contribution < 1.29 is 9.47 Å². The lowest BCUT2D eigenvalue weighted by Gasteiger charge is -2.28. The Hall–Kier alpha value is 1.22. The number of methoxy groups -OCH3 is 2. The van der Waals surface area contributed by atoms with E-state index in [-0.39, 0.29) is 5.41 Å². The minimum Gasteiger partial charge on any atom is -0.357 e. The monoisotopic (exact) mass is 306 g/mol. The molecule has 0 rings (SSSR count). The molecule has 0 spiro atoms. The van der Waals surface area contributed by atoms with Crippen LogP contribution in [-0.2, 0) is 9.47 Å². The fourth-order valence-electron chi connectivity index (χ4n) is 0.832. The normalized spacial score (nSPS) is 13.1. The summed E-state index contributed by atoms with van der Waals surface area (Å²) in [7, 11) is 2.84. The van der Waals surface area contributed by atoms with Crippen LogP contribution in [0.4, 0.5) is 0 Å². The van der Waals surface area contributed by atoms with Crippen LogP contribution in [0.5, 0.6) is 0 Å². The largest absolute Gasteiger partial charge is 0.357 e. The second-order valence-corrected chi connectivity index (χ2v) is 5.69. The lowest BCUT2D eigenvalue weighted by atomic mass is 10.3. The van der Waals surface area contributed by atoms with Crippen LogP contribution in [0.1, 0.15) is 12.8 Å². The molecule has 0 aliphatic carbocycles. The van der Waals surface area contributed by atoms with E-state index >= 15 is 0 Å². The highest BCUT2D eigenvalue weighted by atomic mass is 127. The fourth-order valence-corrected chi connectivity index (χ4v) is 3.13. The van der Waals surface area contributed by atoms with Gasteiger partial charge in [-0.2, -0.15) is 0 Å². The highest BCUT2D eigenvalue weighted by Crippen LogP contribution is 2.18. The Morgan fingerprint density at radius 1 is 1.45 bits per heavy atom. The average Bonchev–Trinajstić information content (AvgIpc) is 2.08. The molecular weight excluding hydrogens is 291 g/mol. The summed E-state index contributed by atoms with van der Waals surface area (Å²) in [6, 6.07) is 0. The Bertz CT molecular complexity index is 92.3. The van der Waals surface area contributed by atoms with Gasteiger partial charge < -0.3 is 9.47 Å². The maximum absolute atomic E-state index is 5.30. The molecular formula is C6H15IO2SSi. The summed E-state index contributed by atoms with van der Waals surface area (Å²) < 4.78 is 11.7. The van der Waals surface area contributed by atoms with Gasteiger partial charge in [-0.15, -0.1) is 0 Å². The second kappa shape index (κ2) is 6.70. The maximum atomic E-state index is 5.30. The van der Waals surface area contributed by atoms with Crippen molar-refractivity contribution in [1.82, 2.24) is 0 Å². The van der Waals surface area contributed by atoms with Gasteiger partial charge in [0, 0.05) is 14.2 Å². The zero-order valence-corrected chi connectivity index (χ0v) is 11.4. The number of alkyl halides is 1. The zero-order valence-electron chi connectivity index (χ0n) is 6.97. The van der Waals surface area contributed by atoms with Crippen LogP contribution in [0.2, 0.25) is 0 Å². The van der Waals surface area contributed by atoms with Crippen molar-refractivity contribution in [3.63, 3.8) is 0 Å². The van der Waals surface area contributed by atoms with E-state index in [2.05, 4.69) is 34.7 Å². The standard InChI is InChI=1S/C6H15IO2SSi/c1-8-6(9-2,11-10)4-3-5-7/h10H,3-5,11H2,1-2H3. The molecule has 68 valence electrons. The van der Waals surface area contributed by atoms with E-state index in [4.69, 9.17) is 9.47 Å². The maximum Gasteiger partial charge on any atom is 0.154 e. The molecule has 0 aromatic heterocycles. The fraction of sp³-hybridized carbons (Fsp3) is 1.00. The number of hydrogen-bond donors (Lipinski definition) is 1. The van der Waals surface area contributed by atoms with Crippen LogP contribution in [0.15, 0.2) is 0 Å². The molecule has 0 bridgehead atoms. The molecule has 0 radical (unpaired) electrons. The summed E-state index contributed by atoms with van der Waals surface area (Å²) in [6.07, 6.45) is 2.11. The van der Waals surface area contributed by atoms with Crippen molar-refractivity contribution in [2.45, 2.75) is 18.3 Å². The van der Waals surface area contributed by atoms with E-state index < -0.39 is 8.67 Å². The first-order valence-corrected chi connectivity index (χ1v) is 8.28. The third-order valence-electron chi connectivity index (χ3n) is 1.68. The Morgan fingerprint density at radius 3 is 2.27 bits per heavy atom. The molecule has 0 aromatic rings. The van der Waals surface area contributed by atoms with Gasteiger partial charge in [0.25, 0.3) is 0 Å². The van der Waals surface area contributed by atoms with Gasteiger partial charge in [0.1, 0.15) is 0 Å². The summed E-state index contributed by atoms with van der Waals surface area (Å²) in [5.74, 6) is 0. The number of rotatable bonds is 6. The van der Waals surface area contributed by atoms with Crippen LogP contribution in [0, 0.1) is 0 Å². The Kier molecular flexibility index (Phi) is 7.44. The molecule has 0 unspecified atom stereocenters. The zero-order chi connectivity index (χ0) is 8.74. The summed E-state index contributed by atoms with van der Waals surface area (Å²) >= 11 is 6.68. The topological polar surface area (TPSA) is 18.5 Å². The predicted octanol–water partition coefficient (Wildman–Crippen LogP) is 1.16. The van der Waals surface area contributed by atoms with Crippen molar-refractivity contribution >= 4 is 43.3 Å². The molecule has 2 nitrogen and oxygen atoms in total. The quantitative estimate of drug-likeness (QED) is 0.261. The summed E-state index contributed by atoms with van der Waals surface area (Å²) in [5.41, 5.74) is -0.325. The molecule has 0 fully saturated rings. The highest BCUT2D eigenvalue weighted by Gasteiger charge is 2.26. The number of ether oxygens (including phenoxy) is 2. The van der Waals surface area contributed by atoms with E-state index in [9.17, 15) is 0 Å². The van der Waals surface area contributed by atoms with Gasteiger partial charge in [-0.05, 0) is 17.3 Å². The van der Waals surface area contributed by atoms with Crippen LogP contribution in [0.25, 0.3) is 0 Å². The molecule has 0 saturated carbocycles. The van der Waals surface area contributed by atoms with Crippen molar-refractivity contribution in [3.8, 4) is 0 Å². The van der Waals surface area contributed by atoms with Gasteiger partial charge in [-0.25, -0.2) is 12.1 Å². The molecule has 0 atom stereocenters. The van der Waals surface area contributed by atoms with E-state index in [0.717, 1.165) is 17.3 Å². The van der Waals surface area contributed by atoms with Crippen molar-refractivity contribution in [3.05, 3.63) is 0 Å². The smallest absolute Gasteiger partial charge is 0.154 e. The minimum atomic E-state index is -0.553. The molecule has 11 heavy (non-hydrogen) atoms. The molecule has 0 amide bonds. The molecule has 0 N–H and O–H groups in total. The Morgan fingerprint density at radius 2 is 2.00 bits per heavy atom. The van der Waals surface area contributed by atoms with Crippen LogP contribution < -0.4 is 0 Å². The van der Waals surface area contributed by atoms with Crippen LogP contribution in [-0.4, -0.2) is 32.7 Å². The van der Waals surface area contributed by atoms with Gasteiger partial charge in [-0.3, -0.25) is 0 Å². The molecule has 0 saturated heterocycles. The molecule has 0 aliphatic rings. The third kappa shape index (κ3) is 4.12. The molecule has 0 heterocycles. The van der Waals surface area contributed by atoms with E-state index in [0.29, 0.717) is 0 Å². The summed E-state index contributed by atoms with van der Waals surface area (Å²) in [4.78, 5) is 0. The number of thiol groups is 1. The van der Waals surface area contributed by atoms with Gasteiger partial charge in [-0.1, -0.05) is 22.6 Å². The minimum absolute atomic E-state index is 0.325. The number of halogens is 1. The molecule has 0 aromatic carbocycles. The lowest BCUT2D eigenvalue weighted by molar-refractivity contribution is -0.146. The first kappa shape index (κ1) is 12.2. The Balaban J connectivity index is 3.84. The lowest BCUT2D eigenvalue weighted by Crippen LogP contribution is -2.38. The first-order valence-electron chi connectivity index (χ1n) is 3.52. The van der Waals surface area contributed by atoms with E-state index in [1.807, 2.05) is 0 Å². The Labute approximate surface area is 89.4 Å². The van der Waals surface area contributed by atoms with E-state index in [1.165, 1.54) is 0 Å². The SMILES string of the molecule is COC(CCCI)(OC)[SiH2]S. The van der Waals surface area contributed by atoms with E-state index in [1.54, 1.807) is 14.2 Å². The van der Waals surface area contributed by atoms with Crippen molar-refractivity contribution in [2.75, 3.05) is 18.6 Å². The predicted molar refractivity (Wildman–Crippen MR) is 62.4 cm³/mol. The second-order valence-electron chi connectivity index (χ2n) is 2.27. The average molecular weight is 306 g/mol. The van der Waals surface area contributed by atoms with Crippen molar-refractivity contribution in [2.24, 2.45) is 0 Å². The van der Waals surface area contributed by atoms with Gasteiger partial charge in [0.2, 0.25) is 0 Å². The van der Waals surface area contributed by atoms with Gasteiger partial charge >= 0.3 is 0 Å². The third-order valence-corrected chi connectivity index (χ3v) is 5.30. The summed E-state index contributed by atoms with van der Waals surface area (Å²) in [5, 5.41) is 0. The molecule has 5 heteroatoms. The highest BCUT2D eigenvalue weighted by molar-refractivity contribution is 14.1. The van der Waals surface area contributed by atoms with Crippen LogP contribution in [0.3, 0.4) is 0 Å². The van der Waals surface area contributed by atoms with Gasteiger partial charge in [0.15, 0.2) is 14.1 Å². The van der Waals surface area contributed by atoms with Crippen molar-refractivity contribution in [1.29, 1.82) is 0 Å². The molecule has 0 aliphatic heterocycles. The first-order chi connectivity index (χ1) is 5.24. The van der Waals surface area contributed by atoms with Crippen LogP contribution >= 0.6 is 34.7 Å². The number of hydrogen-bond acceptors (Lipinski definition) is 3. The van der Waals surface area contributed by atoms with Gasteiger partial charge in [0.05, 0.1) is 0 Å². The summed E-state index contributed by atoms with van der Waals surface area (Å²) in [6.45, 7) is 0.